The highest BCUT2D eigenvalue weighted by Gasteiger charge is 2.22. The number of benzene rings is 2. The van der Waals surface area contributed by atoms with Gasteiger partial charge >= 0.3 is 0 Å². The number of nitrogens with zero attached hydrogens (tertiary/aromatic N) is 6. The van der Waals surface area contributed by atoms with Crippen molar-refractivity contribution in [3.05, 3.63) is 112 Å². The zero-order chi connectivity index (χ0) is 26.8. The molecule has 5 rings (SSSR count). The second-order valence-corrected chi connectivity index (χ2v) is 8.94. The van der Waals surface area contributed by atoms with Gasteiger partial charge in [0.15, 0.2) is 0 Å². The Hall–Kier alpha value is -5.10. The van der Waals surface area contributed by atoms with Gasteiger partial charge in [0.1, 0.15) is 11.5 Å². The molecule has 2 aromatic carbocycles. The van der Waals surface area contributed by atoms with E-state index in [9.17, 15) is 9.59 Å². The quantitative estimate of drug-likeness (QED) is 0.377. The molecule has 0 fully saturated rings. The predicted molar refractivity (Wildman–Crippen MR) is 144 cm³/mol. The van der Waals surface area contributed by atoms with Gasteiger partial charge in [0, 0.05) is 25.0 Å². The molecular weight excluding hydrogens is 478 g/mol. The number of fused-ring (bicyclic) bond motifs is 1. The fraction of sp³-hybridized carbons (Fsp3) is 0.172. The van der Waals surface area contributed by atoms with Gasteiger partial charge in [0.05, 0.1) is 45.8 Å². The molecular formula is C29H25N7O2. The van der Waals surface area contributed by atoms with Crippen LogP contribution in [0.5, 0.6) is 0 Å². The van der Waals surface area contributed by atoms with Crippen molar-refractivity contribution >= 4 is 16.8 Å². The molecule has 1 atom stereocenters. The maximum absolute atomic E-state index is 14.0. The fourth-order valence-corrected chi connectivity index (χ4v) is 4.24. The van der Waals surface area contributed by atoms with Gasteiger partial charge in [-0.25, -0.2) is 9.97 Å². The van der Waals surface area contributed by atoms with E-state index in [-0.39, 0.29) is 11.3 Å². The first-order chi connectivity index (χ1) is 18.3. The zero-order valence-electron chi connectivity index (χ0n) is 21.4. The third-order valence-corrected chi connectivity index (χ3v) is 6.00. The van der Waals surface area contributed by atoms with Crippen molar-refractivity contribution < 1.29 is 4.79 Å². The number of nitrogens with one attached hydrogen (secondary N) is 1. The fourth-order valence-electron chi connectivity index (χ4n) is 4.24. The van der Waals surface area contributed by atoms with Crippen LogP contribution in [0.15, 0.2) is 71.9 Å². The molecule has 0 saturated heterocycles. The van der Waals surface area contributed by atoms with Crippen molar-refractivity contribution in [3.8, 4) is 17.5 Å². The molecule has 9 nitrogen and oxygen atoms in total. The number of aryl methyl sites for hydroxylation is 3. The molecule has 0 radical (unpaired) electrons. The van der Waals surface area contributed by atoms with E-state index in [4.69, 9.17) is 4.98 Å². The van der Waals surface area contributed by atoms with Crippen LogP contribution in [-0.2, 0) is 7.05 Å². The number of carbonyl (C=O) groups excluding carboxylic acids is 1. The van der Waals surface area contributed by atoms with E-state index in [1.165, 1.54) is 4.57 Å². The topological polar surface area (TPSA) is 108 Å². The molecule has 9 heteroatoms. The summed E-state index contributed by atoms with van der Waals surface area (Å²) < 4.78 is 3.19. The van der Waals surface area contributed by atoms with Crippen molar-refractivity contribution in [2.45, 2.75) is 26.8 Å². The molecule has 0 saturated carbocycles. The van der Waals surface area contributed by atoms with E-state index in [2.05, 4.69) is 32.2 Å². The normalized spacial score (nSPS) is 11.6. The molecule has 0 aliphatic carbocycles. The maximum Gasteiger partial charge on any atom is 0.272 e. The van der Waals surface area contributed by atoms with Crippen LogP contribution in [-0.4, -0.2) is 35.2 Å². The first-order valence-electron chi connectivity index (χ1n) is 12.0. The Morgan fingerprint density at radius 2 is 1.79 bits per heavy atom. The molecule has 3 aromatic heterocycles. The Morgan fingerprint density at radius 3 is 2.50 bits per heavy atom. The van der Waals surface area contributed by atoms with E-state index in [0.717, 1.165) is 11.3 Å². The Morgan fingerprint density at radius 1 is 1.00 bits per heavy atom. The van der Waals surface area contributed by atoms with Gasteiger partial charge in [-0.3, -0.25) is 23.8 Å². The van der Waals surface area contributed by atoms with Crippen LogP contribution < -0.4 is 10.9 Å². The number of hydrogen-bond acceptors (Lipinski definition) is 6. The molecule has 0 aliphatic heterocycles. The lowest BCUT2D eigenvalue weighted by molar-refractivity contribution is 0.0931. The van der Waals surface area contributed by atoms with E-state index >= 15 is 0 Å². The predicted octanol–water partition coefficient (Wildman–Crippen LogP) is 3.42. The largest absolute Gasteiger partial charge is 0.341 e. The standard InChI is InChI=1S/C29H25N7O2/c1-18-15-30-26(19(2)32-18)28(37)33-20(3)27-34-24-12-8-9-22(14-13-21-16-31-35(4)17-21)25(24)29(38)36(27)23-10-6-5-7-11-23/h5-12,15-17,20H,1-4H3,(H,33,37)/t20-/m0/s1. The van der Waals surface area contributed by atoms with Gasteiger partial charge < -0.3 is 5.32 Å². The summed E-state index contributed by atoms with van der Waals surface area (Å²) in [6.07, 6.45) is 5.03. The average molecular weight is 504 g/mol. The van der Waals surface area contributed by atoms with Gasteiger partial charge in [-0.05, 0) is 45.0 Å². The van der Waals surface area contributed by atoms with Gasteiger partial charge in [0.2, 0.25) is 0 Å². The Bertz CT molecular complexity index is 1790. The van der Waals surface area contributed by atoms with Crippen LogP contribution in [0.4, 0.5) is 0 Å². The minimum atomic E-state index is -0.618. The number of aromatic nitrogens is 6. The average Bonchev–Trinajstić information content (AvgIpc) is 3.32. The number of para-hydroxylation sites is 1. The van der Waals surface area contributed by atoms with Crippen molar-refractivity contribution in [1.29, 1.82) is 0 Å². The van der Waals surface area contributed by atoms with Crippen LogP contribution >= 0.6 is 0 Å². The Labute approximate surface area is 219 Å². The lowest BCUT2D eigenvalue weighted by Gasteiger charge is -2.20. The summed E-state index contributed by atoms with van der Waals surface area (Å²) in [6, 6.07) is 14.0. The van der Waals surface area contributed by atoms with Crippen LogP contribution in [0.25, 0.3) is 16.6 Å². The van der Waals surface area contributed by atoms with Crippen LogP contribution in [0.3, 0.4) is 0 Å². The summed E-state index contributed by atoms with van der Waals surface area (Å²) in [5.74, 6) is 6.17. The summed E-state index contributed by atoms with van der Waals surface area (Å²) in [5, 5.41) is 7.48. The summed E-state index contributed by atoms with van der Waals surface area (Å²) in [6.45, 7) is 5.34. The zero-order valence-corrected chi connectivity index (χ0v) is 21.4. The van der Waals surface area contributed by atoms with E-state index < -0.39 is 11.9 Å². The summed E-state index contributed by atoms with van der Waals surface area (Å²) in [7, 11) is 1.82. The number of amides is 1. The first kappa shape index (κ1) is 24.6. The molecule has 0 bridgehead atoms. The van der Waals surface area contributed by atoms with Crippen molar-refractivity contribution in [3.63, 3.8) is 0 Å². The molecule has 0 aliphatic rings. The van der Waals surface area contributed by atoms with Crippen molar-refractivity contribution in [2.24, 2.45) is 7.05 Å². The van der Waals surface area contributed by atoms with Gasteiger partial charge in [0.25, 0.3) is 11.5 Å². The molecule has 3 heterocycles. The van der Waals surface area contributed by atoms with Crippen molar-refractivity contribution in [2.75, 3.05) is 0 Å². The van der Waals surface area contributed by atoms with E-state index in [0.29, 0.717) is 33.7 Å². The summed E-state index contributed by atoms with van der Waals surface area (Å²) in [5.41, 5.74) is 3.61. The van der Waals surface area contributed by atoms with Gasteiger partial charge in [-0.2, -0.15) is 5.10 Å². The lowest BCUT2D eigenvalue weighted by atomic mass is 10.1. The Kier molecular flexibility index (Phi) is 6.54. The van der Waals surface area contributed by atoms with Gasteiger partial charge in [-0.15, -0.1) is 0 Å². The minimum absolute atomic E-state index is 0.227. The number of carbonyl (C=O) groups is 1. The third-order valence-electron chi connectivity index (χ3n) is 6.00. The monoisotopic (exact) mass is 503 g/mol. The molecule has 5 aromatic rings. The van der Waals surface area contributed by atoms with Crippen LogP contribution in [0.2, 0.25) is 0 Å². The van der Waals surface area contributed by atoms with E-state index in [1.54, 1.807) is 49.3 Å². The molecule has 188 valence electrons. The number of hydrogen-bond donors (Lipinski definition) is 1. The molecule has 1 N–H and O–H groups in total. The molecule has 1 amide bonds. The third kappa shape index (κ3) is 4.80. The SMILES string of the molecule is Cc1cnc(C(=O)N[C@@H](C)c2nc3cccc(C#Cc4cnn(C)c4)c3c(=O)n2-c2ccccc2)c(C)n1. The maximum atomic E-state index is 14.0. The lowest BCUT2D eigenvalue weighted by Crippen LogP contribution is -2.34. The Balaban J connectivity index is 1.64. The highest BCUT2D eigenvalue weighted by Crippen LogP contribution is 2.20. The second kappa shape index (κ2) is 10.1. The molecule has 0 unspecified atom stereocenters. The number of rotatable bonds is 4. The minimum Gasteiger partial charge on any atom is -0.341 e. The molecule has 38 heavy (non-hydrogen) atoms. The molecule has 0 spiro atoms. The van der Waals surface area contributed by atoms with E-state index in [1.807, 2.05) is 50.4 Å². The van der Waals surface area contributed by atoms with Crippen LogP contribution in [0.1, 0.15) is 51.8 Å². The smallest absolute Gasteiger partial charge is 0.272 e. The summed E-state index contributed by atoms with van der Waals surface area (Å²) >= 11 is 0. The summed E-state index contributed by atoms with van der Waals surface area (Å²) in [4.78, 5) is 40.5. The van der Waals surface area contributed by atoms with Crippen LogP contribution in [0, 0.1) is 25.7 Å². The highest BCUT2D eigenvalue weighted by molar-refractivity contribution is 5.93. The van der Waals surface area contributed by atoms with Crippen molar-refractivity contribution in [1.82, 2.24) is 34.6 Å². The second-order valence-electron chi connectivity index (χ2n) is 8.94. The highest BCUT2D eigenvalue weighted by atomic mass is 16.2. The van der Waals surface area contributed by atoms with Gasteiger partial charge in [-0.1, -0.05) is 36.1 Å². The first-order valence-corrected chi connectivity index (χ1v) is 12.0.